The van der Waals surface area contributed by atoms with E-state index in [0.29, 0.717) is 19.4 Å². The van der Waals surface area contributed by atoms with E-state index in [1.54, 1.807) is 6.92 Å². The minimum atomic E-state index is -1.54. The molecule has 2 aromatic rings. The molecule has 3 saturated heterocycles. The van der Waals surface area contributed by atoms with Crippen molar-refractivity contribution >= 4 is 0 Å². The third-order valence-electron chi connectivity index (χ3n) is 8.30. The van der Waals surface area contributed by atoms with Crippen molar-refractivity contribution in [1.29, 1.82) is 0 Å². The minimum absolute atomic E-state index is 0.163. The average Bonchev–Trinajstić information content (AvgIpc) is 3.44. The number of nitrogens with one attached hydrogen (secondary N) is 2. The zero-order valence-corrected chi connectivity index (χ0v) is 24.9. The number of H-pyrrole nitrogens is 2. The number of nitrogens with zero attached hydrogens (tertiary/aromatic N) is 2. The first-order chi connectivity index (χ1) is 20.7. The van der Waals surface area contributed by atoms with Crippen LogP contribution in [0.5, 0.6) is 0 Å². The number of aliphatic hydroxyl groups is 2. The molecule has 0 radical (unpaired) electrons. The molecule has 14 nitrogen and oxygen atoms in total. The Morgan fingerprint density at radius 1 is 0.932 bits per heavy atom. The van der Waals surface area contributed by atoms with Crippen molar-refractivity contribution < 1.29 is 37.9 Å². The van der Waals surface area contributed by atoms with Crippen LogP contribution < -0.4 is 22.5 Å². The molecule has 3 fully saturated rings. The van der Waals surface area contributed by atoms with Gasteiger partial charge >= 0.3 is 11.4 Å². The summed E-state index contributed by atoms with van der Waals surface area (Å²) >= 11 is 0. The largest absolute Gasteiger partial charge is 0.393 e. The van der Waals surface area contributed by atoms with Gasteiger partial charge in [0.15, 0.2) is 18.7 Å². The fourth-order valence-electron chi connectivity index (χ4n) is 6.01. The second-order valence-electron chi connectivity index (χ2n) is 12.1. The van der Waals surface area contributed by atoms with Crippen LogP contribution in [0.25, 0.3) is 0 Å². The molecule has 0 saturated carbocycles. The van der Waals surface area contributed by atoms with Crippen LogP contribution in [0, 0.1) is 0 Å². The predicted molar refractivity (Wildman–Crippen MR) is 151 cm³/mol. The van der Waals surface area contributed by atoms with E-state index in [2.05, 4.69) is 4.98 Å². The summed E-state index contributed by atoms with van der Waals surface area (Å²) < 4.78 is 52.2. The van der Waals surface area contributed by atoms with Crippen molar-refractivity contribution in [2.24, 2.45) is 0 Å². The molecule has 16 heteroatoms. The van der Waals surface area contributed by atoms with E-state index >= 15 is 0 Å². The van der Waals surface area contributed by atoms with Gasteiger partial charge in [0, 0.05) is 44.0 Å². The topological polar surface area (TPSA) is 187 Å². The Morgan fingerprint density at radius 2 is 1.50 bits per heavy atom. The van der Waals surface area contributed by atoms with Gasteiger partial charge in [-0.1, -0.05) is 6.92 Å². The van der Waals surface area contributed by atoms with Crippen molar-refractivity contribution in [2.75, 3.05) is 26.6 Å². The SMILES string of the molecule is CC[C@]1(CF)C[C@@](C)(OC2CCCCO2)[C@H](n2ccc(=O)[nH]c2=O)O1.C[C@@]1(O)C[C@](CO)(CF)O[C@H]1n1ccc(=O)[nH]c1=O. The van der Waals surface area contributed by atoms with Gasteiger partial charge in [0.25, 0.3) is 11.1 Å². The summed E-state index contributed by atoms with van der Waals surface area (Å²) in [6.07, 6.45) is 3.39. The standard InChI is InChI=1S/C17H25FN2O5.C11H15FN2O5/c1-3-17(11-18)10-16(2,24-13-6-4-5-9-23-13)14(25-17)20-8-7-12(21)19-15(20)22;1-10(18)4-11(5-12,6-15)19-8(10)14-3-2-7(16)13-9(14)17/h7-8,13-14H,3-6,9-11H2,1-2H3,(H,19,21,22);2-3,8,15,18H,4-6H2,1H3,(H,13,16,17)/t13?,14-,16-,17-;8-,10-,11-/m11/s1. The van der Waals surface area contributed by atoms with Crippen molar-refractivity contribution in [1.82, 2.24) is 19.1 Å². The maximum absolute atomic E-state index is 13.8. The van der Waals surface area contributed by atoms with Crippen molar-refractivity contribution in [2.45, 2.75) is 100 Å². The Balaban J connectivity index is 0.000000209. The molecule has 44 heavy (non-hydrogen) atoms. The van der Waals surface area contributed by atoms with Crippen LogP contribution >= 0.6 is 0 Å². The lowest BCUT2D eigenvalue weighted by molar-refractivity contribution is -0.243. The molecule has 5 heterocycles. The Kier molecular flexibility index (Phi) is 10.1. The summed E-state index contributed by atoms with van der Waals surface area (Å²) in [4.78, 5) is 50.5. The van der Waals surface area contributed by atoms with Gasteiger partial charge in [0.1, 0.15) is 35.8 Å². The molecule has 0 amide bonds. The maximum atomic E-state index is 13.8. The Morgan fingerprint density at radius 3 is 1.95 bits per heavy atom. The number of rotatable bonds is 8. The molecule has 7 atom stereocenters. The molecule has 0 aromatic carbocycles. The number of hydrogen-bond acceptors (Lipinski definition) is 10. The Labute approximate surface area is 250 Å². The number of aliphatic hydroxyl groups excluding tert-OH is 1. The average molecular weight is 631 g/mol. The highest BCUT2D eigenvalue weighted by Gasteiger charge is 2.56. The van der Waals surface area contributed by atoms with E-state index in [9.17, 15) is 38.2 Å². The first-order valence-corrected chi connectivity index (χ1v) is 14.5. The molecule has 0 spiro atoms. The molecule has 3 aliphatic heterocycles. The quantitative estimate of drug-likeness (QED) is 0.325. The third kappa shape index (κ3) is 6.94. The lowest BCUT2D eigenvalue weighted by Crippen LogP contribution is -2.44. The highest BCUT2D eigenvalue weighted by atomic mass is 19.1. The number of alkyl halides is 2. The van der Waals surface area contributed by atoms with Gasteiger partial charge in [-0.3, -0.25) is 28.7 Å². The van der Waals surface area contributed by atoms with Crippen LogP contribution in [0.1, 0.15) is 71.8 Å². The minimum Gasteiger partial charge on any atom is -0.393 e. The van der Waals surface area contributed by atoms with Gasteiger partial charge in [-0.2, -0.15) is 0 Å². The summed E-state index contributed by atoms with van der Waals surface area (Å²) in [5.41, 5.74) is -7.52. The lowest BCUT2D eigenvalue weighted by Gasteiger charge is -2.35. The van der Waals surface area contributed by atoms with Gasteiger partial charge in [0.05, 0.1) is 6.61 Å². The van der Waals surface area contributed by atoms with Crippen molar-refractivity contribution in [3.63, 3.8) is 0 Å². The summed E-state index contributed by atoms with van der Waals surface area (Å²) in [6, 6.07) is 2.33. The van der Waals surface area contributed by atoms with E-state index in [1.165, 1.54) is 23.8 Å². The highest BCUT2D eigenvalue weighted by molar-refractivity contribution is 5.03. The maximum Gasteiger partial charge on any atom is 0.330 e. The summed E-state index contributed by atoms with van der Waals surface area (Å²) in [5.74, 6) is 0. The van der Waals surface area contributed by atoms with Gasteiger partial charge in [0.2, 0.25) is 0 Å². The zero-order valence-electron chi connectivity index (χ0n) is 24.9. The lowest BCUT2D eigenvalue weighted by atomic mass is 9.89. The number of halogens is 2. The molecular weight excluding hydrogens is 590 g/mol. The van der Waals surface area contributed by atoms with Gasteiger partial charge in [-0.25, -0.2) is 18.4 Å². The normalized spacial score (nSPS) is 35.3. The van der Waals surface area contributed by atoms with E-state index < -0.39 is 83.6 Å². The monoisotopic (exact) mass is 630 g/mol. The Hall–Kier alpha value is -3.02. The van der Waals surface area contributed by atoms with E-state index in [0.717, 1.165) is 36.1 Å². The fourth-order valence-corrected chi connectivity index (χ4v) is 6.01. The van der Waals surface area contributed by atoms with Crippen LogP contribution in [-0.2, 0) is 18.9 Å². The number of aromatic nitrogens is 4. The van der Waals surface area contributed by atoms with Gasteiger partial charge in [-0.15, -0.1) is 0 Å². The van der Waals surface area contributed by atoms with Crippen molar-refractivity contribution in [3.8, 4) is 0 Å². The number of hydrogen-bond donors (Lipinski definition) is 4. The van der Waals surface area contributed by atoms with E-state index in [1.807, 2.05) is 11.9 Å². The van der Waals surface area contributed by atoms with E-state index in [4.69, 9.17) is 18.9 Å². The summed E-state index contributed by atoms with van der Waals surface area (Å²) in [5, 5.41) is 19.5. The molecule has 1 unspecified atom stereocenters. The summed E-state index contributed by atoms with van der Waals surface area (Å²) in [7, 11) is 0. The zero-order chi connectivity index (χ0) is 32.3. The molecule has 0 aliphatic carbocycles. The van der Waals surface area contributed by atoms with Crippen LogP contribution in [0.3, 0.4) is 0 Å². The molecule has 4 N–H and O–H groups in total. The molecule has 5 rings (SSSR count). The van der Waals surface area contributed by atoms with Crippen LogP contribution in [0.15, 0.2) is 43.7 Å². The third-order valence-corrected chi connectivity index (χ3v) is 8.30. The first kappa shape index (κ1) is 33.9. The van der Waals surface area contributed by atoms with E-state index in [-0.39, 0.29) is 6.42 Å². The van der Waals surface area contributed by atoms with Crippen LogP contribution in [-0.4, -0.2) is 84.6 Å². The predicted octanol–water partition coefficient (Wildman–Crippen LogP) is 0.783. The van der Waals surface area contributed by atoms with Crippen molar-refractivity contribution in [3.05, 3.63) is 66.2 Å². The van der Waals surface area contributed by atoms with Crippen LogP contribution in [0.2, 0.25) is 0 Å². The summed E-state index contributed by atoms with van der Waals surface area (Å²) in [6.45, 7) is 3.36. The van der Waals surface area contributed by atoms with Crippen LogP contribution in [0.4, 0.5) is 8.78 Å². The Bertz CT molecular complexity index is 1510. The number of ether oxygens (including phenoxy) is 4. The molecule has 3 aliphatic rings. The highest BCUT2D eigenvalue weighted by Crippen LogP contribution is 2.48. The van der Waals surface area contributed by atoms with Gasteiger partial charge < -0.3 is 29.2 Å². The fraction of sp³-hybridized carbons (Fsp3) is 0.714. The molecule has 0 bridgehead atoms. The molecular formula is C28H40F2N4O10. The van der Waals surface area contributed by atoms with Gasteiger partial charge in [-0.05, 0) is 39.5 Å². The molecule has 246 valence electrons. The second kappa shape index (κ2) is 13.1. The second-order valence-corrected chi connectivity index (χ2v) is 12.1. The smallest absolute Gasteiger partial charge is 0.330 e. The molecule has 2 aromatic heterocycles. The first-order valence-electron chi connectivity index (χ1n) is 14.5. The number of aromatic amines is 2.